The summed E-state index contributed by atoms with van der Waals surface area (Å²) in [7, 11) is -3.77. The minimum Gasteiger partial charge on any atom is -0.354 e. The first-order valence-corrected chi connectivity index (χ1v) is 10.1. The third kappa shape index (κ3) is 4.22. The lowest BCUT2D eigenvalue weighted by molar-refractivity contribution is -0.122. The van der Waals surface area contributed by atoms with Gasteiger partial charge < -0.3 is 16.4 Å². The fraction of sp³-hybridized carbons (Fsp3) is 0.529. The van der Waals surface area contributed by atoms with Crippen molar-refractivity contribution in [3.8, 4) is 0 Å². The number of hydrogen-bond acceptors (Lipinski definition) is 5. The average molecular weight is 382 g/mol. The zero-order chi connectivity index (χ0) is 19.4. The van der Waals surface area contributed by atoms with E-state index in [9.17, 15) is 18.0 Å². The minimum atomic E-state index is -3.77. The molecule has 0 atom stereocenters. The summed E-state index contributed by atoms with van der Waals surface area (Å²) in [5, 5.41) is 5.54. The van der Waals surface area contributed by atoms with Gasteiger partial charge in [-0.1, -0.05) is 13.8 Å². The second kappa shape index (κ2) is 8.15. The number of hydrogen-bond donors (Lipinski definition) is 3. The number of amides is 2. The lowest BCUT2D eigenvalue weighted by Crippen LogP contribution is -2.52. The number of rotatable bonds is 7. The fourth-order valence-corrected chi connectivity index (χ4v) is 4.22. The third-order valence-corrected chi connectivity index (χ3v) is 6.74. The quantitative estimate of drug-likeness (QED) is 0.615. The molecule has 9 heteroatoms. The third-order valence-electron chi connectivity index (χ3n) is 4.88. The minimum absolute atomic E-state index is 0.0554. The number of carbonyl (C=O) groups is 2. The van der Waals surface area contributed by atoms with E-state index in [2.05, 4.69) is 10.6 Å². The summed E-state index contributed by atoms with van der Waals surface area (Å²) in [6, 6.07) is 5.72. The number of sulfonamides is 1. The Morgan fingerprint density at radius 1 is 1.27 bits per heavy atom. The Kier molecular flexibility index (Phi) is 6.38. The van der Waals surface area contributed by atoms with Crippen LogP contribution in [0.1, 0.15) is 37.0 Å². The van der Waals surface area contributed by atoms with Gasteiger partial charge in [-0.3, -0.25) is 9.59 Å². The maximum atomic E-state index is 12.6. The maximum Gasteiger partial charge on any atom is 0.251 e. The molecule has 0 saturated carbocycles. The van der Waals surface area contributed by atoms with Crippen LogP contribution in [0.25, 0.3) is 0 Å². The normalized spacial score (nSPS) is 16.2. The van der Waals surface area contributed by atoms with Gasteiger partial charge in [0.1, 0.15) is 0 Å². The summed E-state index contributed by atoms with van der Waals surface area (Å²) >= 11 is 0. The van der Waals surface area contributed by atoms with E-state index in [1.165, 1.54) is 24.3 Å². The first kappa shape index (κ1) is 20.3. The molecule has 0 aromatic heterocycles. The fourth-order valence-electron chi connectivity index (χ4n) is 2.83. The number of piperazine rings is 1. The highest BCUT2D eigenvalue weighted by Gasteiger charge is 2.30. The number of benzene rings is 1. The molecule has 4 N–H and O–H groups in total. The van der Waals surface area contributed by atoms with Crippen molar-refractivity contribution in [2.24, 2.45) is 5.73 Å². The number of nitrogens with one attached hydrogen (secondary N) is 2. The number of nitrogens with zero attached hydrogens (tertiary/aromatic N) is 1. The summed E-state index contributed by atoms with van der Waals surface area (Å²) in [6.45, 7) is 4.56. The van der Waals surface area contributed by atoms with E-state index in [0.717, 1.165) is 4.31 Å². The van der Waals surface area contributed by atoms with Crippen LogP contribution in [0.5, 0.6) is 0 Å². The molecule has 1 aliphatic heterocycles. The summed E-state index contributed by atoms with van der Waals surface area (Å²) in [5.74, 6) is -0.617. The smallest absolute Gasteiger partial charge is 0.251 e. The second-order valence-corrected chi connectivity index (χ2v) is 8.30. The van der Waals surface area contributed by atoms with Gasteiger partial charge in [0.05, 0.1) is 17.0 Å². The molecule has 0 spiro atoms. The van der Waals surface area contributed by atoms with Crippen LogP contribution in [0.3, 0.4) is 0 Å². The number of nitrogens with two attached hydrogens (primary N) is 1. The zero-order valence-corrected chi connectivity index (χ0v) is 15.9. The summed E-state index contributed by atoms with van der Waals surface area (Å²) < 4.78 is 26.4. The van der Waals surface area contributed by atoms with Crippen LogP contribution >= 0.6 is 0 Å². The molecule has 1 fully saturated rings. The SMILES string of the molecule is CCC(CC)(CN)NC(=O)c1ccc(S(=O)(=O)N2CCNC(=O)C2)cc1. The van der Waals surface area contributed by atoms with Gasteiger partial charge in [0.15, 0.2) is 0 Å². The molecule has 8 nitrogen and oxygen atoms in total. The summed E-state index contributed by atoms with van der Waals surface area (Å²) in [6.07, 6.45) is 1.41. The molecule has 2 rings (SSSR count). The van der Waals surface area contributed by atoms with Crippen LogP contribution in [-0.4, -0.2) is 56.3 Å². The van der Waals surface area contributed by atoms with Gasteiger partial charge >= 0.3 is 0 Å². The van der Waals surface area contributed by atoms with Crippen molar-refractivity contribution < 1.29 is 18.0 Å². The van der Waals surface area contributed by atoms with Crippen LogP contribution < -0.4 is 16.4 Å². The molecule has 26 heavy (non-hydrogen) atoms. The van der Waals surface area contributed by atoms with Crippen molar-refractivity contribution in [3.63, 3.8) is 0 Å². The molecule has 1 saturated heterocycles. The van der Waals surface area contributed by atoms with Crippen molar-refractivity contribution in [2.75, 3.05) is 26.2 Å². The van der Waals surface area contributed by atoms with E-state index in [4.69, 9.17) is 5.73 Å². The molecule has 144 valence electrons. The van der Waals surface area contributed by atoms with Gasteiger partial charge in [-0.05, 0) is 37.1 Å². The predicted octanol–water partition coefficient (Wildman–Crippen LogP) is 0.0544. The van der Waals surface area contributed by atoms with Crippen LogP contribution in [0.15, 0.2) is 29.2 Å². The summed E-state index contributed by atoms with van der Waals surface area (Å²) in [5.41, 5.74) is 5.69. The first-order chi connectivity index (χ1) is 12.3. The zero-order valence-electron chi connectivity index (χ0n) is 15.1. The van der Waals surface area contributed by atoms with E-state index in [1.54, 1.807) is 0 Å². The standard InChI is InChI=1S/C17H26N4O4S/c1-3-17(4-2,12-18)20-16(23)13-5-7-14(8-6-13)26(24,25)21-10-9-19-15(22)11-21/h5-8H,3-4,9-12,18H2,1-2H3,(H,19,22)(H,20,23). The monoisotopic (exact) mass is 382 g/mol. The molecular formula is C17H26N4O4S. The van der Waals surface area contributed by atoms with Crippen LogP contribution in [0.4, 0.5) is 0 Å². The molecular weight excluding hydrogens is 356 g/mol. The number of carbonyl (C=O) groups excluding carboxylic acids is 2. The highest BCUT2D eigenvalue weighted by atomic mass is 32.2. The van der Waals surface area contributed by atoms with E-state index < -0.39 is 15.6 Å². The molecule has 0 bridgehead atoms. The highest BCUT2D eigenvalue weighted by molar-refractivity contribution is 7.89. The van der Waals surface area contributed by atoms with Crippen molar-refractivity contribution >= 4 is 21.8 Å². The molecule has 1 heterocycles. The molecule has 0 radical (unpaired) electrons. The second-order valence-electron chi connectivity index (χ2n) is 6.36. The van der Waals surface area contributed by atoms with Gasteiger partial charge in [-0.25, -0.2) is 8.42 Å². The maximum absolute atomic E-state index is 12.6. The van der Waals surface area contributed by atoms with E-state index in [1.807, 2.05) is 13.8 Å². The molecule has 1 aliphatic rings. The molecule has 0 unspecified atom stereocenters. The Morgan fingerprint density at radius 2 is 1.88 bits per heavy atom. The lowest BCUT2D eigenvalue weighted by Gasteiger charge is -2.31. The average Bonchev–Trinajstić information content (AvgIpc) is 2.66. The molecule has 2 amide bonds. The Morgan fingerprint density at radius 3 is 2.38 bits per heavy atom. The predicted molar refractivity (Wildman–Crippen MR) is 98.0 cm³/mol. The van der Waals surface area contributed by atoms with E-state index in [0.29, 0.717) is 24.9 Å². The molecule has 1 aromatic carbocycles. The Labute approximate surface area is 154 Å². The molecule has 0 aliphatic carbocycles. The molecule has 1 aromatic rings. The topological polar surface area (TPSA) is 122 Å². The van der Waals surface area contributed by atoms with Crippen LogP contribution in [0.2, 0.25) is 0 Å². The first-order valence-electron chi connectivity index (χ1n) is 8.67. The van der Waals surface area contributed by atoms with Gasteiger partial charge in [-0.2, -0.15) is 4.31 Å². The van der Waals surface area contributed by atoms with E-state index >= 15 is 0 Å². The van der Waals surface area contributed by atoms with Gasteiger partial charge in [0.2, 0.25) is 15.9 Å². The van der Waals surface area contributed by atoms with E-state index in [-0.39, 0.29) is 36.3 Å². The summed E-state index contributed by atoms with van der Waals surface area (Å²) in [4.78, 5) is 24.0. The van der Waals surface area contributed by atoms with Crippen LogP contribution in [0, 0.1) is 0 Å². The highest BCUT2D eigenvalue weighted by Crippen LogP contribution is 2.19. The van der Waals surface area contributed by atoms with Crippen molar-refractivity contribution in [1.29, 1.82) is 0 Å². The Bertz CT molecular complexity index is 749. The van der Waals surface area contributed by atoms with Gasteiger partial charge in [0, 0.05) is 25.2 Å². The lowest BCUT2D eigenvalue weighted by atomic mass is 9.92. The Hall–Kier alpha value is -1.97. The largest absolute Gasteiger partial charge is 0.354 e. The van der Waals surface area contributed by atoms with Gasteiger partial charge in [-0.15, -0.1) is 0 Å². The van der Waals surface area contributed by atoms with Crippen molar-refractivity contribution in [2.45, 2.75) is 37.1 Å². The van der Waals surface area contributed by atoms with Crippen LogP contribution in [-0.2, 0) is 14.8 Å². The van der Waals surface area contributed by atoms with Crippen molar-refractivity contribution in [3.05, 3.63) is 29.8 Å². The van der Waals surface area contributed by atoms with Crippen molar-refractivity contribution in [1.82, 2.24) is 14.9 Å². The Balaban J connectivity index is 2.17. The van der Waals surface area contributed by atoms with Gasteiger partial charge in [0.25, 0.3) is 5.91 Å².